The molecule has 1 fully saturated rings. The molecular weight excluding hydrogens is 404 g/mol. The zero-order chi connectivity index (χ0) is 21.3. The minimum atomic E-state index is -0.823. The molecule has 1 atom stereocenters. The maximum atomic E-state index is 13.0. The molecule has 1 unspecified atom stereocenters. The van der Waals surface area contributed by atoms with E-state index < -0.39 is 17.7 Å². The fraction of sp³-hybridized carbons (Fsp3) is 0.0870. The van der Waals surface area contributed by atoms with Gasteiger partial charge in [0, 0.05) is 34.7 Å². The molecule has 1 aromatic heterocycles. The first-order valence-electron chi connectivity index (χ1n) is 9.12. The van der Waals surface area contributed by atoms with Gasteiger partial charge in [0.2, 0.25) is 0 Å². The van der Waals surface area contributed by atoms with Crippen LogP contribution in [0.2, 0.25) is 5.02 Å². The number of carbonyl (C=O) groups is 2. The molecule has 150 valence electrons. The van der Waals surface area contributed by atoms with Gasteiger partial charge in [-0.25, -0.2) is 0 Å². The molecule has 0 radical (unpaired) electrons. The summed E-state index contributed by atoms with van der Waals surface area (Å²) in [6.07, 6.45) is 3.15. The van der Waals surface area contributed by atoms with E-state index in [1.54, 1.807) is 73.1 Å². The lowest BCUT2D eigenvalue weighted by molar-refractivity contribution is -0.132. The lowest BCUT2D eigenvalue weighted by Crippen LogP contribution is -2.29. The maximum absolute atomic E-state index is 13.0. The van der Waals surface area contributed by atoms with Crippen molar-refractivity contribution in [3.63, 3.8) is 0 Å². The van der Waals surface area contributed by atoms with Crippen LogP contribution in [0.5, 0.6) is 5.75 Å². The number of hydrogen-bond donors (Lipinski definition) is 1. The second-order valence-corrected chi connectivity index (χ2v) is 7.09. The van der Waals surface area contributed by atoms with Crippen molar-refractivity contribution in [3.05, 3.63) is 94.8 Å². The van der Waals surface area contributed by atoms with Gasteiger partial charge in [-0.2, -0.15) is 0 Å². The third-order valence-electron chi connectivity index (χ3n) is 4.92. The second-order valence-electron chi connectivity index (χ2n) is 6.66. The van der Waals surface area contributed by atoms with Crippen LogP contribution in [0, 0.1) is 0 Å². The van der Waals surface area contributed by atoms with Crippen LogP contribution in [0.3, 0.4) is 0 Å². The van der Waals surface area contributed by atoms with E-state index in [0.29, 0.717) is 27.6 Å². The molecule has 1 N–H and O–H groups in total. The van der Waals surface area contributed by atoms with Gasteiger partial charge in [-0.15, -0.1) is 0 Å². The molecule has 2 aromatic carbocycles. The quantitative estimate of drug-likeness (QED) is 0.385. The summed E-state index contributed by atoms with van der Waals surface area (Å²) in [6.45, 7) is 0. The highest BCUT2D eigenvalue weighted by molar-refractivity contribution is 6.51. The SMILES string of the molecule is COc1cccc(N2C(=O)C(=O)/C(=C(/O)c3ccc(Cl)cc3)C2c2ccncc2)c1. The fourth-order valence-electron chi connectivity index (χ4n) is 3.48. The van der Waals surface area contributed by atoms with E-state index in [4.69, 9.17) is 16.3 Å². The number of pyridine rings is 1. The molecule has 1 amide bonds. The predicted molar refractivity (Wildman–Crippen MR) is 113 cm³/mol. The van der Waals surface area contributed by atoms with E-state index in [9.17, 15) is 14.7 Å². The van der Waals surface area contributed by atoms with Gasteiger partial charge >= 0.3 is 0 Å². The molecule has 4 rings (SSSR count). The minimum absolute atomic E-state index is 0.00339. The topological polar surface area (TPSA) is 79.7 Å². The number of Topliss-reactive ketones (excluding diaryl/α,β-unsaturated/α-hetero) is 1. The highest BCUT2D eigenvalue weighted by atomic mass is 35.5. The zero-order valence-electron chi connectivity index (χ0n) is 15.9. The average molecular weight is 421 g/mol. The van der Waals surface area contributed by atoms with Gasteiger partial charge in [-0.3, -0.25) is 19.5 Å². The van der Waals surface area contributed by atoms with Crippen molar-refractivity contribution in [1.29, 1.82) is 0 Å². The lowest BCUT2D eigenvalue weighted by atomic mass is 9.96. The number of amides is 1. The summed E-state index contributed by atoms with van der Waals surface area (Å²) in [5.74, 6) is -1.23. The first-order valence-corrected chi connectivity index (χ1v) is 9.50. The van der Waals surface area contributed by atoms with Gasteiger partial charge < -0.3 is 9.84 Å². The summed E-state index contributed by atoms with van der Waals surface area (Å²) in [6, 6.07) is 15.9. The number of methoxy groups -OCH3 is 1. The van der Waals surface area contributed by atoms with Gasteiger partial charge in [0.15, 0.2) is 0 Å². The van der Waals surface area contributed by atoms with Crippen LogP contribution in [0.15, 0.2) is 78.6 Å². The molecular formula is C23H17ClN2O4. The van der Waals surface area contributed by atoms with Crippen LogP contribution in [0.1, 0.15) is 17.2 Å². The molecule has 30 heavy (non-hydrogen) atoms. The monoisotopic (exact) mass is 420 g/mol. The number of aliphatic hydroxyl groups is 1. The Morgan fingerprint density at radius 2 is 1.77 bits per heavy atom. The van der Waals surface area contributed by atoms with Crippen molar-refractivity contribution >= 4 is 34.7 Å². The number of rotatable bonds is 4. The summed E-state index contributed by atoms with van der Waals surface area (Å²) in [7, 11) is 1.52. The van der Waals surface area contributed by atoms with E-state index in [2.05, 4.69) is 4.98 Å². The Kier molecular flexibility index (Phi) is 5.25. The Bertz CT molecular complexity index is 1140. The Hall–Kier alpha value is -3.64. The first kappa shape index (κ1) is 19.7. The number of halogens is 1. The molecule has 1 aliphatic rings. The molecule has 0 spiro atoms. The Balaban J connectivity index is 1.93. The Morgan fingerprint density at radius 1 is 1.07 bits per heavy atom. The highest BCUT2D eigenvalue weighted by Gasteiger charge is 2.47. The van der Waals surface area contributed by atoms with Crippen molar-refractivity contribution in [2.75, 3.05) is 12.0 Å². The van der Waals surface area contributed by atoms with Crippen LogP contribution < -0.4 is 9.64 Å². The largest absolute Gasteiger partial charge is 0.507 e. The standard InChI is InChI=1S/C23H17ClN2O4/c1-30-18-4-2-3-17(13-18)26-20(14-9-11-25-12-10-14)19(22(28)23(26)29)21(27)15-5-7-16(24)8-6-15/h2-13,20,27H,1H3/b21-19+. The molecule has 3 aromatic rings. The number of aromatic nitrogens is 1. The average Bonchev–Trinajstić information content (AvgIpc) is 3.05. The van der Waals surface area contributed by atoms with E-state index in [-0.39, 0.29) is 11.3 Å². The molecule has 0 bridgehead atoms. The van der Waals surface area contributed by atoms with E-state index in [1.165, 1.54) is 12.0 Å². The number of hydrogen-bond acceptors (Lipinski definition) is 5. The first-order chi connectivity index (χ1) is 14.5. The fourth-order valence-corrected chi connectivity index (χ4v) is 3.61. The van der Waals surface area contributed by atoms with Gasteiger partial charge in [0.1, 0.15) is 11.5 Å². The number of ether oxygens (including phenoxy) is 1. The lowest BCUT2D eigenvalue weighted by Gasteiger charge is -2.25. The summed E-state index contributed by atoms with van der Waals surface area (Å²) in [5.41, 5.74) is 1.51. The Labute approximate surface area is 178 Å². The van der Waals surface area contributed by atoms with Crippen LogP contribution >= 0.6 is 11.6 Å². The number of benzene rings is 2. The van der Waals surface area contributed by atoms with Gasteiger partial charge in [-0.05, 0) is 54.1 Å². The number of aliphatic hydroxyl groups excluding tert-OH is 1. The van der Waals surface area contributed by atoms with E-state index >= 15 is 0 Å². The van der Waals surface area contributed by atoms with Crippen LogP contribution in [0.25, 0.3) is 5.76 Å². The Morgan fingerprint density at radius 3 is 2.43 bits per heavy atom. The molecule has 0 aliphatic carbocycles. The van der Waals surface area contributed by atoms with Crippen molar-refractivity contribution in [2.24, 2.45) is 0 Å². The normalized spacial score (nSPS) is 17.9. The predicted octanol–water partition coefficient (Wildman–Crippen LogP) is 4.37. The zero-order valence-corrected chi connectivity index (χ0v) is 16.7. The van der Waals surface area contributed by atoms with Crippen molar-refractivity contribution < 1.29 is 19.4 Å². The number of anilines is 1. The van der Waals surface area contributed by atoms with Crippen LogP contribution in [0.4, 0.5) is 5.69 Å². The summed E-state index contributed by atoms with van der Waals surface area (Å²) < 4.78 is 5.27. The highest BCUT2D eigenvalue weighted by Crippen LogP contribution is 2.42. The third kappa shape index (κ3) is 3.42. The number of ketones is 1. The van der Waals surface area contributed by atoms with E-state index in [1.807, 2.05) is 0 Å². The van der Waals surface area contributed by atoms with Gasteiger partial charge in [0.25, 0.3) is 11.7 Å². The van der Waals surface area contributed by atoms with Gasteiger partial charge in [-0.1, -0.05) is 17.7 Å². The van der Waals surface area contributed by atoms with Gasteiger partial charge in [0.05, 0.1) is 18.7 Å². The molecule has 1 saturated heterocycles. The summed E-state index contributed by atoms with van der Waals surface area (Å²) in [5, 5.41) is 11.5. The number of nitrogens with zero attached hydrogens (tertiary/aromatic N) is 2. The van der Waals surface area contributed by atoms with E-state index in [0.717, 1.165) is 0 Å². The molecule has 1 aliphatic heterocycles. The van der Waals surface area contributed by atoms with Crippen molar-refractivity contribution in [3.8, 4) is 5.75 Å². The van der Waals surface area contributed by atoms with Crippen molar-refractivity contribution in [1.82, 2.24) is 4.98 Å². The molecule has 6 nitrogen and oxygen atoms in total. The molecule has 7 heteroatoms. The summed E-state index contributed by atoms with van der Waals surface area (Å²) >= 11 is 5.94. The maximum Gasteiger partial charge on any atom is 0.300 e. The minimum Gasteiger partial charge on any atom is -0.507 e. The smallest absolute Gasteiger partial charge is 0.300 e. The number of carbonyl (C=O) groups excluding carboxylic acids is 2. The molecule has 0 saturated carbocycles. The van der Waals surface area contributed by atoms with Crippen molar-refractivity contribution in [2.45, 2.75) is 6.04 Å². The van der Waals surface area contributed by atoms with Crippen LogP contribution in [-0.2, 0) is 9.59 Å². The third-order valence-corrected chi connectivity index (χ3v) is 5.17. The second kappa shape index (κ2) is 8.00. The summed E-state index contributed by atoms with van der Waals surface area (Å²) in [4.78, 5) is 31.4. The van der Waals surface area contributed by atoms with Crippen LogP contribution in [-0.4, -0.2) is 28.9 Å². The molecule has 2 heterocycles.